The molecule has 2 N–H and O–H groups in total. The van der Waals surface area contributed by atoms with E-state index < -0.39 is 24.0 Å². The predicted molar refractivity (Wildman–Crippen MR) is 99.3 cm³/mol. The minimum absolute atomic E-state index is 0.188. The molecule has 8 heteroatoms. The van der Waals surface area contributed by atoms with Crippen molar-refractivity contribution in [2.24, 2.45) is 0 Å². The highest BCUT2D eigenvalue weighted by Gasteiger charge is 2.21. The number of urea groups is 1. The van der Waals surface area contributed by atoms with E-state index in [1.807, 2.05) is 0 Å². The van der Waals surface area contributed by atoms with Gasteiger partial charge in [0.05, 0.1) is 6.42 Å². The van der Waals surface area contributed by atoms with Crippen LogP contribution in [0.15, 0.2) is 48.5 Å². The molecule has 136 valence electrons. The van der Waals surface area contributed by atoms with Crippen LogP contribution in [-0.2, 0) is 20.7 Å². The van der Waals surface area contributed by atoms with Gasteiger partial charge in [-0.05, 0) is 31.2 Å². The second-order valence-electron chi connectivity index (χ2n) is 5.32. The Labute approximate surface area is 160 Å². The minimum atomic E-state index is -1.16. The monoisotopic (exact) mass is 394 g/mol. The maximum Gasteiger partial charge on any atom is 0.325 e. The first-order chi connectivity index (χ1) is 12.4. The van der Waals surface area contributed by atoms with E-state index in [2.05, 4.69) is 10.6 Å². The van der Waals surface area contributed by atoms with E-state index in [0.717, 1.165) is 0 Å². The summed E-state index contributed by atoms with van der Waals surface area (Å²) in [6.07, 6.45) is -1.35. The molecule has 3 amide bonds. The van der Waals surface area contributed by atoms with Crippen molar-refractivity contribution in [3.8, 4) is 0 Å². The van der Waals surface area contributed by atoms with Crippen molar-refractivity contribution < 1.29 is 19.1 Å². The Morgan fingerprint density at radius 3 is 2.23 bits per heavy atom. The number of hydrogen-bond acceptors (Lipinski definition) is 4. The molecule has 26 heavy (non-hydrogen) atoms. The lowest BCUT2D eigenvalue weighted by atomic mass is 10.1. The van der Waals surface area contributed by atoms with Crippen molar-refractivity contribution in [3.05, 3.63) is 64.1 Å². The van der Waals surface area contributed by atoms with Crippen molar-refractivity contribution in [2.75, 3.05) is 5.32 Å². The minimum Gasteiger partial charge on any atom is -0.452 e. The molecule has 0 radical (unpaired) electrons. The van der Waals surface area contributed by atoms with Crippen molar-refractivity contribution in [1.82, 2.24) is 5.32 Å². The lowest BCUT2D eigenvalue weighted by Crippen LogP contribution is -2.41. The van der Waals surface area contributed by atoms with Gasteiger partial charge in [-0.3, -0.25) is 14.9 Å². The Kier molecular flexibility index (Phi) is 7.00. The molecule has 0 heterocycles. The highest BCUT2D eigenvalue weighted by Crippen LogP contribution is 2.25. The van der Waals surface area contributed by atoms with Gasteiger partial charge in [0, 0.05) is 21.3 Å². The molecule has 0 spiro atoms. The second kappa shape index (κ2) is 9.22. The quantitative estimate of drug-likeness (QED) is 0.754. The van der Waals surface area contributed by atoms with Gasteiger partial charge >= 0.3 is 12.0 Å². The van der Waals surface area contributed by atoms with Crippen LogP contribution in [0.2, 0.25) is 10.0 Å². The average Bonchev–Trinajstić information content (AvgIpc) is 2.59. The predicted octanol–water partition coefficient (Wildman–Crippen LogP) is 3.82. The number of carbonyl (C=O) groups excluding carboxylic acids is 3. The first-order valence-corrected chi connectivity index (χ1v) is 8.41. The molecule has 1 atom stereocenters. The zero-order valence-corrected chi connectivity index (χ0v) is 15.3. The van der Waals surface area contributed by atoms with Crippen LogP contribution in [0.25, 0.3) is 0 Å². The van der Waals surface area contributed by atoms with Crippen LogP contribution in [0.3, 0.4) is 0 Å². The molecule has 0 saturated heterocycles. The number of amides is 3. The SMILES string of the molecule is CC(OC(=O)Cc1c(Cl)cccc1Cl)C(=O)NC(=O)Nc1ccccc1. The molecule has 6 nitrogen and oxygen atoms in total. The number of para-hydroxylation sites is 1. The van der Waals surface area contributed by atoms with Crippen LogP contribution in [-0.4, -0.2) is 24.0 Å². The van der Waals surface area contributed by atoms with E-state index in [1.165, 1.54) is 6.92 Å². The van der Waals surface area contributed by atoms with E-state index in [1.54, 1.807) is 48.5 Å². The van der Waals surface area contributed by atoms with Gasteiger partial charge in [-0.1, -0.05) is 47.5 Å². The maximum atomic E-state index is 12.0. The van der Waals surface area contributed by atoms with Gasteiger partial charge in [0.2, 0.25) is 0 Å². The Morgan fingerprint density at radius 2 is 1.62 bits per heavy atom. The topological polar surface area (TPSA) is 84.5 Å². The van der Waals surface area contributed by atoms with E-state index in [-0.39, 0.29) is 6.42 Å². The Hall–Kier alpha value is -2.57. The smallest absolute Gasteiger partial charge is 0.325 e. The molecule has 0 aliphatic carbocycles. The maximum absolute atomic E-state index is 12.0. The van der Waals surface area contributed by atoms with Crippen LogP contribution in [0.5, 0.6) is 0 Å². The lowest BCUT2D eigenvalue weighted by Gasteiger charge is -2.14. The molecule has 2 aromatic carbocycles. The molecule has 1 unspecified atom stereocenters. The zero-order chi connectivity index (χ0) is 19.1. The largest absolute Gasteiger partial charge is 0.452 e. The van der Waals surface area contributed by atoms with Crippen LogP contribution < -0.4 is 10.6 Å². The summed E-state index contributed by atoms with van der Waals surface area (Å²) in [6, 6.07) is 12.7. The Morgan fingerprint density at radius 1 is 1.00 bits per heavy atom. The fourth-order valence-corrected chi connectivity index (χ4v) is 2.57. The normalized spacial score (nSPS) is 11.3. The molecule has 0 bridgehead atoms. The third-order valence-electron chi connectivity index (χ3n) is 3.33. The van der Waals surface area contributed by atoms with Crippen LogP contribution >= 0.6 is 23.2 Å². The number of rotatable bonds is 5. The number of hydrogen-bond donors (Lipinski definition) is 2. The first kappa shape index (κ1) is 19.8. The summed E-state index contributed by atoms with van der Waals surface area (Å²) < 4.78 is 5.03. The van der Waals surface area contributed by atoms with Crippen molar-refractivity contribution >= 4 is 46.8 Å². The van der Waals surface area contributed by atoms with Gasteiger partial charge in [0.1, 0.15) is 0 Å². The molecule has 0 aliphatic heterocycles. The second-order valence-corrected chi connectivity index (χ2v) is 6.13. The fraction of sp³-hybridized carbons (Fsp3) is 0.167. The third-order valence-corrected chi connectivity index (χ3v) is 4.04. The molecule has 0 aromatic heterocycles. The summed E-state index contributed by atoms with van der Waals surface area (Å²) in [4.78, 5) is 35.7. The summed E-state index contributed by atoms with van der Waals surface area (Å²) in [6.45, 7) is 1.36. The van der Waals surface area contributed by atoms with Gasteiger partial charge in [0.25, 0.3) is 5.91 Å². The molecule has 0 saturated carbocycles. The Bertz CT molecular complexity index is 792. The number of benzene rings is 2. The molecular formula is C18H16Cl2N2O4. The Balaban J connectivity index is 1.86. The first-order valence-electron chi connectivity index (χ1n) is 7.66. The number of halogens is 2. The summed E-state index contributed by atoms with van der Waals surface area (Å²) in [5.74, 6) is -1.44. The van der Waals surface area contributed by atoms with Gasteiger partial charge in [-0.15, -0.1) is 0 Å². The van der Waals surface area contributed by atoms with Crippen molar-refractivity contribution in [1.29, 1.82) is 0 Å². The van der Waals surface area contributed by atoms with E-state index in [4.69, 9.17) is 27.9 Å². The fourth-order valence-electron chi connectivity index (χ4n) is 2.04. The summed E-state index contributed by atoms with van der Waals surface area (Å²) in [5.41, 5.74) is 0.936. The number of imide groups is 1. The average molecular weight is 395 g/mol. The van der Waals surface area contributed by atoms with E-state index in [9.17, 15) is 14.4 Å². The van der Waals surface area contributed by atoms with Crippen molar-refractivity contribution in [3.63, 3.8) is 0 Å². The van der Waals surface area contributed by atoms with Gasteiger partial charge in [-0.25, -0.2) is 4.79 Å². The summed E-state index contributed by atoms with van der Waals surface area (Å²) in [5, 5.41) is 5.25. The van der Waals surface area contributed by atoms with Crippen LogP contribution in [0.1, 0.15) is 12.5 Å². The summed E-state index contributed by atoms with van der Waals surface area (Å²) in [7, 11) is 0. The van der Waals surface area contributed by atoms with Crippen LogP contribution in [0, 0.1) is 0 Å². The summed E-state index contributed by atoms with van der Waals surface area (Å²) >= 11 is 12.0. The lowest BCUT2D eigenvalue weighted by molar-refractivity contribution is -0.153. The number of esters is 1. The number of ether oxygens (including phenoxy) is 1. The third kappa shape index (κ3) is 5.75. The van der Waals surface area contributed by atoms with Gasteiger partial charge in [0.15, 0.2) is 6.10 Å². The van der Waals surface area contributed by atoms with Crippen molar-refractivity contribution in [2.45, 2.75) is 19.4 Å². The van der Waals surface area contributed by atoms with E-state index in [0.29, 0.717) is 21.3 Å². The molecule has 2 aromatic rings. The van der Waals surface area contributed by atoms with E-state index >= 15 is 0 Å². The standard InChI is InChI=1S/C18H16Cl2N2O4/c1-11(17(24)22-18(25)21-12-6-3-2-4-7-12)26-16(23)10-13-14(19)8-5-9-15(13)20/h2-9,11H,10H2,1H3,(H2,21,22,24,25). The highest BCUT2D eigenvalue weighted by molar-refractivity contribution is 6.36. The number of anilines is 1. The number of nitrogens with one attached hydrogen (secondary N) is 2. The number of carbonyl (C=O) groups is 3. The molecule has 2 rings (SSSR count). The molecular weight excluding hydrogens is 379 g/mol. The van der Waals surface area contributed by atoms with Gasteiger partial charge < -0.3 is 10.1 Å². The zero-order valence-electron chi connectivity index (χ0n) is 13.8. The highest BCUT2D eigenvalue weighted by atomic mass is 35.5. The molecule has 0 aliphatic rings. The molecule has 0 fully saturated rings. The van der Waals surface area contributed by atoms with Crippen LogP contribution in [0.4, 0.5) is 10.5 Å². The van der Waals surface area contributed by atoms with Gasteiger partial charge in [-0.2, -0.15) is 0 Å².